The molecule has 0 spiro atoms. The molecule has 4 aliphatic rings. The van der Waals surface area contributed by atoms with E-state index in [0.29, 0.717) is 0 Å². The second-order valence-corrected chi connectivity index (χ2v) is 18.7. The van der Waals surface area contributed by atoms with Crippen LogP contribution in [0.4, 0.5) is 28.4 Å². The molecule has 0 saturated heterocycles. The third kappa shape index (κ3) is 6.96. The van der Waals surface area contributed by atoms with E-state index >= 15 is 0 Å². The van der Waals surface area contributed by atoms with Crippen LogP contribution in [0.5, 0.6) is 0 Å². The molecule has 0 radical (unpaired) electrons. The first-order valence-corrected chi connectivity index (χ1v) is 23.3. The number of rotatable bonds is 4. The molecule has 0 saturated carbocycles. The van der Waals surface area contributed by atoms with E-state index < -0.39 is 0 Å². The first-order valence-electron chi connectivity index (χ1n) is 23.3. The normalized spacial score (nSPS) is 19.9. The number of nitrogens with zero attached hydrogens (tertiary/aromatic N) is 3. The van der Waals surface area contributed by atoms with E-state index in [9.17, 15) is 0 Å². The van der Waals surface area contributed by atoms with Crippen LogP contribution < -0.4 is 36.0 Å². The molecule has 322 valence electrons. The molecule has 66 heavy (non-hydrogen) atoms. The number of anilines is 5. The van der Waals surface area contributed by atoms with Crippen LogP contribution in [0, 0.1) is 0 Å². The highest BCUT2D eigenvalue weighted by atomic mass is 15.2. The number of fused-ring (bicyclic) bond motifs is 6. The molecule has 4 heterocycles. The number of hydrogen-bond acceptors (Lipinski definition) is 4. The highest BCUT2D eigenvalue weighted by Crippen LogP contribution is 2.52. The van der Waals surface area contributed by atoms with Crippen molar-refractivity contribution in [2.24, 2.45) is 0 Å². The van der Waals surface area contributed by atoms with E-state index in [1.807, 2.05) is 24.4 Å². The molecule has 11 rings (SSSR count). The molecule has 1 unspecified atom stereocenters. The van der Waals surface area contributed by atoms with Gasteiger partial charge in [0.2, 0.25) is 0 Å². The minimum absolute atomic E-state index is 0.0121. The Hall–Kier alpha value is -7.69. The van der Waals surface area contributed by atoms with Gasteiger partial charge in [-0.2, -0.15) is 0 Å². The minimum Gasteiger partial charge on any atom is -0.381 e. The van der Waals surface area contributed by atoms with Crippen LogP contribution in [-0.4, -0.2) is 17.6 Å². The lowest BCUT2D eigenvalue weighted by molar-refractivity contribution is 0.614. The fourth-order valence-electron chi connectivity index (χ4n) is 10.8. The Balaban J connectivity index is 1.25. The van der Waals surface area contributed by atoms with Crippen molar-refractivity contribution in [3.63, 3.8) is 0 Å². The second kappa shape index (κ2) is 16.7. The first-order chi connectivity index (χ1) is 32.3. The number of allylic oxidation sites excluding steroid dienone is 1. The third-order valence-corrected chi connectivity index (χ3v) is 14.1. The van der Waals surface area contributed by atoms with Crippen molar-refractivity contribution in [3.05, 3.63) is 261 Å². The van der Waals surface area contributed by atoms with E-state index in [0.717, 1.165) is 51.6 Å². The molecule has 7 aromatic rings. The Morgan fingerprint density at radius 1 is 0.515 bits per heavy atom. The summed E-state index contributed by atoms with van der Waals surface area (Å²) in [4.78, 5) is 10.3. The van der Waals surface area contributed by atoms with Crippen LogP contribution in [0.25, 0.3) is 22.9 Å². The summed E-state index contributed by atoms with van der Waals surface area (Å²) in [5.41, 5.74) is 15.1. The minimum atomic E-state index is -0.172. The lowest BCUT2D eigenvalue weighted by Crippen LogP contribution is -2.41. The quantitative estimate of drug-likeness (QED) is 0.191. The molecule has 1 aliphatic carbocycles. The van der Waals surface area contributed by atoms with Gasteiger partial charge in [0.25, 0.3) is 0 Å². The summed E-state index contributed by atoms with van der Waals surface area (Å²) in [7, 11) is 0. The monoisotopic (exact) mass is 854 g/mol. The zero-order chi connectivity index (χ0) is 44.8. The molecule has 1 atom stereocenters. The van der Waals surface area contributed by atoms with Gasteiger partial charge in [0.1, 0.15) is 0 Å². The molecule has 0 amide bonds. The first kappa shape index (κ1) is 41.0. The number of hydrogen-bond donors (Lipinski definition) is 1. The van der Waals surface area contributed by atoms with Gasteiger partial charge in [-0.05, 0) is 92.9 Å². The lowest BCUT2D eigenvalue weighted by Gasteiger charge is -2.44. The van der Waals surface area contributed by atoms with Crippen LogP contribution in [-0.2, 0) is 10.8 Å². The predicted molar refractivity (Wildman–Crippen MR) is 276 cm³/mol. The molecular weight excluding hydrogens is 801 g/mol. The summed E-state index contributed by atoms with van der Waals surface area (Å²) in [5.74, 6) is 0. The van der Waals surface area contributed by atoms with Gasteiger partial charge in [-0.15, -0.1) is 0 Å². The summed E-state index contributed by atoms with van der Waals surface area (Å²) < 4.78 is 0. The van der Waals surface area contributed by atoms with Crippen LogP contribution >= 0.6 is 0 Å². The fourth-order valence-corrected chi connectivity index (χ4v) is 10.8. The van der Waals surface area contributed by atoms with Crippen molar-refractivity contribution < 1.29 is 0 Å². The van der Waals surface area contributed by atoms with Gasteiger partial charge in [0.05, 0.1) is 28.8 Å². The molecule has 4 heteroatoms. The van der Waals surface area contributed by atoms with Gasteiger partial charge in [0, 0.05) is 57.0 Å². The van der Waals surface area contributed by atoms with Gasteiger partial charge in [0.15, 0.2) is 0 Å². The summed E-state index contributed by atoms with van der Waals surface area (Å²) in [6.45, 7) is 10.1. The van der Waals surface area contributed by atoms with Crippen molar-refractivity contribution in [2.75, 3.05) is 16.3 Å². The Kier molecular flexibility index (Phi) is 10.4. The van der Waals surface area contributed by atoms with E-state index in [1.54, 1.807) is 0 Å². The Bertz CT molecular complexity index is 3320. The molecule has 3 aliphatic heterocycles. The van der Waals surface area contributed by atoms with Gasteiger partial charge < -0.3 is 15.1 Å². The summed E-state index contributed by atoms with van der Waals surface area (Å²) >= 11 is 0. The largest absolute Gasteiger partial charge is 0.381 e. The zero-order valence-electron chi connectivity index (χ0n) is 38.1. The number of aromatic nitrogens is 1. The average Bonchev–Trinajstić information content (AvgIpc) is 3.35. The topological polar surface area (TPSA) is 31.4 Å². The standard InChI is InChI=1S/C62H54N4/c1-61(2)51-26-12-16-31-56(51)65(57-32-17-13-27-52(57)61)44-23-21-25-48(55-30-9-7-5-6-8-20-40-63-55)50-42-45(66-58-33-18-14-28-53(58)62(3,4)54-29-15-19-34-59(54)66)36-37-47(50)49(38-35-44)60-46-24-11-10-22-43(46)39-41-64-60/h5-22,24-40,42,44,64H,23,41H2,1-4H3/b6-5?,7-5?,8-6?,9-7?,20-8?,25-21+,30-9?,38-35+,40-20?,49-47-,50-48+,55-30?,63-40?,63-55?. The van der Waals surface area contributed by atoms with Crippen LogP contribution in [0.15, 0.2) is 212 Å². The lowest BCUT2D eigenvalue weighted by atomic mass is 9.73. The molecule has 0 bridgehead atoms. The predicted octanol–water partition coefficient (Wildman–Crippen LogP) is 11.2. The van der Waals surface area contributed by atoms with Gasteiger partial charge >= 0.3 is 0 Å². The molecule has 1 aromatic heterocycles. The maximum Gasteiger partial charge on any atom is 0.0708 e. The maximum absolute atomic E-state index is 5.22. The molecule has 6 aromatic carbocycles. The van der Waals surface area contributed by atoms with Gasteiger partial charge in [-0.1, -0.05) is 192 Å². The average molecular weight is 855 g/mol. The van der Waals surface area contributed by atoms with Gasteiger partial charge in [-0.25, -0.2) is 0 Å². The van der Waals surface area contributed by atoms with Crippen molar-refractivity contribution >= 4 is 51.4 Å². The van der Waals surface area contributed by atoms with Gasteiger partial charge in [-0.3, -0.25) is 4.98 Å². The molecule has 1 N–H and O–H groups in total. The smallest absolute Gasteiger partial charge is 0.0708 e. The van der Waals surface area contributed by atoms with Crippen molar-refractivity contribution in [1.82, 2.24) is 10.3 Å². The summed E-state index contributed by atoms with van der Waals surface area (Å²) in [6, 6.07) is 66.1. The fraction of sp³-hybridized carbons (Fsp3) is 0.145. The number of para-hydroxylation sites is 4. The SMILES string of the molecule is CC1(C)c2ccccc2N(c2ccc3/c(c2)=C(c2ccccccccn2)\C=C\CC(N2c4ccccc4C(C)(C)c4ccccc42)/C=C/C=3C2=c3ccccc3=CCN2)c2ccccc21. The zero-order valence-corrected chi connectivity index (χ0v) is 38.1. The highest BCUT2D eigenvalue weighted by molar-refractivity contribution is 5.95. The molecule has 0 fully saturated rings. The van der Waals surface area contributed by atoms with E-state index in [1.165, 1.54) is 55.4 Å². The third-order valence-electron chi connectivity index (χ3n) is 14.1. The number of nitrogens with one attached hydrogen (secondary N) is 1. The molecular formula is C62H54N4. The van der Waals surface area contributed by atoms with Crippen LogP contribution in [0.1, 0.15) is 62.1 Å². The summed E-state index contributed by atoms with van der Waals surface area (Å²) in [5, 5.41) is 8.55. The van der Waals surface area contributed by atoms with Crippen molar-refractivity contribution in [1.29, 1.82) is 0 Å². The second-order valence-electron chi connectivity index (χ2n) is 18.7. The Morgan fingerprint density at radius 2 is 1.08 bits per heavy atom. The van der Waals surface area contributed by atoms with E-state index in [-0.39, 0.29) is 16.9 Å². The van der Waals surface area contributed by atoms with Crippen molar-refractivity contribution in [3.8, 4) is 0 Å². The molecule has 4 nitrogen and oxygen atoms in total. The van der Waals surface area contributed by atoms with Crippen LogP contribution in [0.3, 0.4) is 0 Å². The Labute approximate surface area is 388 Å². The highest BCUT2D eigenvalue weighted by Gasteiger charge is 2.39. The van der Waals surface area contributed by atoms with E-state index in [2.05, 4.69) is 237 Å². The number of benzene rings is 6. The van der Waals surface area contributed by atoms with Crippen LogP contribution in [0.2, 0.25) is 0 Å². The van der Waals surface area contributed by atoms with E-state index in [4.69, 9.17) is 4.98 Å². The van der Waals surface area contributed by atoms with Crippen molar-refractivity contribution in [2.45, 2.75) is 51.0 Å². The summed E-state index contributed by atoms with van der Waals surface area (Å²) in [6.07, 6.45) is 14.5. The Morgan fingerprint density at radius 3 is 1.76 bits per heavy atom. The maximum atomic E-state index is 5.22.